The fourth-order valence-electron chi connectivity index (χ4n) is 2.24. The van der Waals surface area contributed by atoms with E-state index in [1.807, 2.05) is 61.5 Å². The maximum Gasteiger partial charge on any atom is 0.253 e. The van der Waals surface area contributed by atoms with Crippen LogP contribution in [0.25, 0.3) is 0 Å². The minimum atomic E-state index is -0.177. The van der Waals surface area contributed by atoms with Crippen molar-refractivity contribution in [3.63, 3.8) is 0 Å². The van der Waals surface area contributed by atoms with Gasteiger partial charge in [0.05, 0.1) is 5.57 Å². The minimum Gasteiger partial charge on any atom is -0.457 e. The van der Waals surface area contributed by atoms with Crippen LogP contribution in [0.2, 0.25) is 0 Å². The van der Waals surface area contributed by atoms with Crippen molar-refractivity contribution >= 4 is 21.8 Å². The minimum absolute atomic E-state index is 0.177. The first-order chi connectivity index (χ1) is 12.5. The summed E-state index contributed by atoms with van der Waals surface area (Å²) in [6, 6.07) is 15.3. The van der Waals surface area contributed by atoms with Gasteiger partial charge in [-0.1, -0.05) is 53.2 Å². The zero-order chi connectivity index (χ0) is 18.9. The zero-order valence-corrected chi connectivity index (χ0v) is 16.5. The Bertz CT molecular complexity index is 807. The number of nitrogens with one attached hydrogen (secondary N) is 1. The summed E-state index contributed by atoms with van der Waals surface area (Å²) in [5, 5.41) is 2.89. The smallest absolute Gasteiger partial charge is 0.253 e. The number of allylic oxidation sites excluding steroid dienone is 2. The lowest BCUT2D eigenvalue weighted by Gasteiger charge is -2.09. The van der Waals surface area contributed by atoms with Gasteiger partial charge in [0, 0.05) is 16.7 Å². The number of ether oxygens (including phenoxy) is 1. The van der Waals surface area contributed by atoms with Crippen LogP contribution in [0.15, 0.2) is 76.4 Å². The Morgan fingerprint density at radius 3 is 2.54 bits per heavy atom. The highest BCUT2D eigenvalue weighted by Gasteiger charge is 2.08. The molecule has 2 aromatic carbocycles. The normalized spacial score (nSPS) is 12.0. The van der Waals surface area contributed by atoms with Gasteiger partial charge in [0.2, 0.25) is 0 Å². The van der Waals surface area contributed by atoms with Crippen LogP contribution in [0.5, 0.6) is 11.5 Å². The Labute approximate surface area is 162 Å². The van der Waals surface area contributed by atoms with Crippen molar-refractivity contribution in [2.75, 3.05) is 0 Å². The topological polar surface area (TPSA) is 64.3 Å². The second-order valence-electron chi connectivity index (χ2n) is 5.79. The second-order valence-corrected chi connectivity index (χ2v) is 6.71. The van der Waals surface area contributed by atoms with Gasteiger partial charge < -0.3 is 15.8 Å². The van der Waals surface area contributed by atoms with Crippen LogP contribution in [-0.2, 0) is 11.3 Å². The van der Waals surface area contributed by atoms with Crippen molar-refractivity contribution in [2.45, 2.75) is 26.8 Å². The molecule has 0 aliphatic heterocycles. The van der Waals surface area contributed by atoms with Crippen LogP contribution < -0.4 is 15.8 Å². The largest absolute Gasteiger partial charge is 0.457 e. The summed E-state index contributed by atoms with van der Waals surface area (Å²) in [7, 11) is 0. The number of carbonyl (C=O) groups excluding carboxylic acids is 1. The number of benzene rings is 2. The highest BCUT2D eigenvalue weighted by atomic mass is 79.9. The zero-order valence-electron chi connectivity index (χ0n) is 15.0. The third-order valence-corrected chi connectivity index (χ3v) is 4.09. The molecular weight excluding hydrogens is 392 g/mol. The van der Waals surface area contributed by atoms with E-state index in [0.29, 0.717) is 17.8 Å². The summed E-state index contributed by atoms with van der Waals surface area (Å²) in [5.41, 5.74) is 7.78. The van der Waals surface area contributed by atoms with Gasteiger partial charge in [0.1, 0.15) is 11.5 Å². The van der Waals surface area contributed by atoms with Gasteiger partial charge in [-0.3, -0.25) is 4.79 Å². The van der Waals surface area contributed by atoms with Gasteiger partial charge in [-0.05, 0) is 49.2 Å². The molecule has 0 unspecified atom stereocenters. The molecule has 0 fully saturated rings. The molecular formula is C21H23BrN2O2. The average molecular weight is 415 g/mol. The van der Waals surface area contributed by atoms with Crippen LogP contribution in [0, 0.1) is 0 Å². The van der Waals surface area contributed by atoms with Crippen LogP contribution in [-0.4, -0.2) is 5.91 Å². The summed E-state index contributed by atoms with van der Waals surface area (Å²) < 4.78 is 6.77. The van der Waals surface area contributed by atoms with E-state index in [9.17, 15) is 4.79 Å². The lowest BCUT2D eigenvalue weighted by Crippen LogP contribution is -2.25. The molecule has 0 heterocycles. The van der Waals surface area contributed by atoms with Crippen molar-refractivity contribution < 1.29 is 9.53 Å². The van der Waals surface area contributed by atoms with Gasteiger partial charge >= 0.3 is 0 Å². The maximum atomic E-state index is 12.3. The van der Waals surface area contributed by atoms with Gasteiger partial charge in [0.15, 0.2) is 0 Å². The third-order valence-electron chi connectivity index (χ3n) is 3.60. The number of rotatable bonds is 7. The molecule has 0 saturated carbocycles. The molecule has 26 heavy (non-hydrogen) atoms. The van der Waals surface area contributed by atoms with E-state index in [-0.39, 0.29) is 5.91 Å². The van der Waals surface area contributed by atoms with Crippen molar-refractivity contribution in [2.24, 2.45) is 5.73 Å². The Kier molecular flexibility index (Phi) is 7.48. The highest BCUT2D eigenvalue weighted by molar-refractivity contribution is 9.10. The first kappa shape index (κ1) is 19.8. The van der Waals surface area contributed by atoms with Gasteiger partial charge in [-0.2, -0.15) is 0 Å². The van der Waals surface area contributed by atoms with Crippen molar-refractivity contribution in [3.8, 4) is 11.5 Å². The first-order valence-corrected chi connectivity index (χ1v) is 9.22. The predicted molar refractivity (Wildman–Crippen MR) is 109 cm³/mol. The van der Waals surface area contributed by atoms with E-state index >= 15 is 0 Å². The number of hydrogen-bond donors (Lipinski definition) is 2. The Hall–Kier alpha value is -2.53. The molecule has 4 nitrogen and oxygen atoms in total. The fraction of sp³-hybridized carbons (Fsp3) is 0.190. The summed E-state index contributed by atoms with van der Waals surface area (Å²) in [4.78, 5) is 12.3. The molecule has 0 aliphatic carbocycles. The SMILES string of the molecule is CC/C=C\C(C(=O)NCc1ccc(Oc2cccc(Br)c2)cc1)=C(/C)N. The average Bonchev–Trinajstić information content (AvgIpc) is 2.61. The Morgan fingerprint density at radius 1 is 1.19 bits per heavy atom. The molecule has 0 spiro atoms. The molecule has 0 aliphatic rings. The third kappa shape index (κ3) is 6.08. The van der Waals surface area contributed by atoms with E-state index in [2.05, 4.69) is 21.2 Å². The first-order valence-electron chi connectivity index (χ1n) is 8.43. The van der Waals surface area contributed by atoms with Crippen molar-refractivity contribution in [1.82, 2.24) is 5.32 Å². The number of nitrogens with two attached hydrogens (primary N) is 1. The molecule has 2 aromatic rings. The van der Waals surface area contributed by atoms with Gasteiger partial charge in [-0.15, -0.1) is 0 Å². The number of halogens is 1. The standard InChI is InChI=1S/C21H23BrN2O2/c1-3-4-8-20(15(2)23)21(25)24-14-16-9-11-18(12-10-16)26-19-7-5-6-17(22)13-19/h4-13H,3,14,23H2,1-2H3,(H,24,25)/b8-4-,20-15-. The molecule has 3 N–H and O–H groups in total. The number of carbonyl (C=O) groups is 1. The van der Waals surface area contributed by atoms with E-state index in [4.69, 9.17) is 10.5 Å². The Balaban J connectivity index is 1.95. The molecule has 0 bridgehead atoms. The molecule has 0 saturated heterocycles. The number of amides is 1. The second kappa shape index (κ2) is 9.82. The highest BCUT2D eigenvalue weighted by Crippen LogP contribution is 2.24. The van der Waals surface area contributed by atoms with E-state index < -0.39 is 0 Å². The lowest BCUT2D eigenvalue weighted by atomic mass is 10.1. The van der Waals surface area contributed by atoms with E-state index in [1.54, 1.807) is 13.0 Å². The molecule has 0 aromatic heterocycles. The molecule has 5 heteroatoms. The molecule has 2 rings (SSSR count). The van der Waals surface area contributed by atoms with Crippen LogP contribution in [0.4, 0.5) is 0 Å². The van der Waals surface area contributed by atoms with Crippen molar-refractivity contribution in [3.05, 3.63) is 82.0 Å². The summed E-state index contributed by atoms with van der Waals surface area (Å²) in [6.07, 6.45) is 4.53. The predicted octanol–water partition coefficient (Wildman–Crippen LogP) is 5.06. The lowest BCUT2D eigenvalue weighted by molar-refractivity contribution is -0.117. The van der Waals surface area contributed by atoms with E-state index in [1.165, 1.54) is 0 Å². The molecule has 136 valence electrons. The van der Waals surface area contributed by atoms with Crippen LogP contribution in [0.3, 0.4) is 0 Å². The summed E-state index contributed by atoms with van der Waals surface area (Å²) in [5.74, 6) is 1.32. The molecule has 0 atom stereocenters. The van der Waals surface area contributed by atoms with Crippen molar-refractivity contribution in [1.29, 1.82) is 0 Å². The fourth-order valence-corrected chi connectivity index (χ4v) is 2.62. The van der Waals surface area contributed by atoms with E-state index in [0.717, 1.165) is 28.0 Å². The maximum absolute atomic E-state index is 12.3. The quantitative estimate of drug-likeness (QED) is 0.491. The van der Waals surface area contributed by atoms with Crippen LogP contribution >= 0.6 is 15.9 Å². The Morgan fingerprint density at radius 2 is 1.92 bits per heavy atom. The monoisotopic (exact) mass is 414 g/mol. The van der Waals surface area contributed by atoms with Gasteiger partial charge in [0.25, 0.3) is 5.91 Å². The van der Waals surface area contributed by atoms with Gasteiger partial charge in [-0.25, -0.2) is 0 Å². The molecule has 1 amide bonds. The summed E-state index contributed by atoms with van der Waals surface area (Å²) >= 11 is 3.42. The number of hydrogen-bond acceptors (Lipinski definition) is 3. The molecule has 0 radical (unpaired) electrons. The van der Waals surface area contributed by atoms with Crippen LogP contribution in [0.1, 0.15) is 25.8 Å². The summed E-state index contributed by atoms with van der Waals surface area (Å²) in [6.45, 7) is 4.16.